The zero-order chi connectivity index (χ0) is 25.0. The zero-order valence-electron chi connectivity index (χ0n) is 17.4. The molecule has 2 aromatic heterocycles. The van der Waals surface area contributed by atoms with Gasteiger partial charge in [0.15, 0.2) is 5.65 Å². The molecule has 0 unspecified atom stereocenters. The van der Waals surface area contributed by atoms with Gasteiger partial charge in [0.25, 0.3) is 0 Å². The highest BCUT2D eigenvalue weighted by molar-refractivity contribution is 6.33. The first kappa shape index (κ1) is 25.8. The summed E-state index contributed by atoms with van der Waals surface area (Å²) in [6.45, 7) is 0. The van der Waals surface area contributed by atoms with Crippen LogP contribution in [-0.4, -0.2) is 43.9 Å². The lowest BCUT2D eigenvalue weighted by molar-refractivity contribution is -0.192. The quantitative estimate of drug-likeness (QED) is 0.346. The van der Waals surface area contributed by atoms with Gasteiger partial charge in [-0.1, -0.05) is 23.2 Å². The van der Waals surface area contributed by atoms with Crippen molar-refractivity contribution in [3.05, 3.63) is 46.3 Å². The van der Waals surface area contributed by atoms with E-state index in [1.807, 2.05) is 6.07 Å². The van der Waals surface area contributed by atoms with Crippen molar-refractivity contribution < 1.29 is 27.5 Å². The number of nitrogens with one attached hydrogen (secondary N) is 2. The molecule has 4 rings (SSSR count). The average Bonchev–Trinajstić information content (AvgIpc) is 3.13. The number of nitrogens with two attached hydrogens (primary N) is 1. The van der Waals surface area contributed by atoms with Gasteiger partial charge in [0.2, 0.25) is 0 Å². The average molecular weight is 523 g/mol. The minimum atomic E-state index is -5.08. The molecular formula is C20H20Cl2F4N6O2. The first-order chi connectivity index (χ1) is 15.9. The van der Waals surface area contributed by atoms with E-state index in [9.17, 15) is 17.6 Å². The lowest BCUT2D eigenvalue weighted by atomic mass is 9.92. The maximum atomic E-state index is 13.4. The van der Waals surface area contributed by atoms with Gasteiger partial charge in [0.1, 0.15) is 22.5 Å². The molecule has 8 nitrogen and oxygen atoms in total. The number of carboxylic acid groups (broad SMARTS) is 1. The number of carbonyl (C=O) groups is 1. The number of aromatic nitrogens is 3. The van der Waals surface area contributed by atoms with Crippen molar-refractivity contribution in [1.82, 2.24) is 14.6 Å². The van der Waals surface area contributed by atoms with Crippen LogP contribution in [0.2, 0.25) is 10.0 Å². The summed E-state index contributed by atoms with van der Waals surface area (Å²) >= 11 is 12.1. The Hall–Kier alpha value is -2.83. The van der Waals surface area contributed by atoms with Crippen LogP contribution in [0, 0.1) is 5.82 Å². The number of hydrogen-bond donors (Lipinski definition) is 4. The van der Waals surface area contributed by atoms with Gasteiger partial charge in [-0.2, -0.15) is 22.8 Å². The number of hydrogen-bond acceptors (Lipinski definition) is 6. The molecular weight excluding hydrogens is 503 g/mol. The zero-order valence-corrected chi connectivity index (χ0v) is 18.9. The predicted octanol–water partition coefficient (Wildman–Crippen LogP) is 5.23. The first-order valence-electron chi connectivity index (χ1n) is 10.0. The van der Waals surface area contributed by atoms with Gasteiger partial charge in [-0.05, 0) is 43.9 Å². The Balaban J connectivity index is 0.000000406. The Morgan fingerprint density at radius 1 is 1.15 bits per heavy atom. The third kappa shape index (κ3) is 6.61. The van der Waals surface area contributed by atoms with E-state index in [-0.39, 0.29) is 11.1 Å². The Labute approximate surface area is 201 Å². The van der Waals surface area contributed by atoms with Crippen molar-refractivity contribution in [1.29, 1.82) is 0 Å². The number of benzene rings is 1. The van der Waals surface area contributed by atoms with E-state index in [0.717, 1.165) is 25.7 Å². The lowest BCUT2D eigenvalue weighted by Crippen LogP contribution is -2.33. The van der Waals surface area contributed by atoms with Crippen LogP contribution in [0.3, 0.4) is 0 Å². The first-order valence-corrected chi connectivity index (χ1v) is 10.8. The van der Waals surface area contributed by atoms with E-state index in [1.54, 1.807) is 10.6 Å². The van der Waals surface area contributed by atoms with Crippen molar-refractivity contribution in [3.8, 4) is 0 Å². The fourth-order valence-electron chi connectivity index (χ4n) is 3.29. The molecule has 0 atom stereocenters. The van der Waals surface area contributed by atoms with Crippen LogP contribution in [0.1, 0.15) is 25.7 Å². The number of carboxylic acids is 1. The summed E-state index contributed by atoms with van der Waals surface area (Å²) < 4.78 is 46.8. The van der Waals surface area contributed by atoms with Crippen LogP contribution >= 0.6 is 23.2 Å². The summed E-state index contributed by atoms with van der Waals surface area (Å²) in [6.07, 6.45) is 0.434. The van der Waals surface area contributed by atoms with Gasteiger partial charge in [0.05, 0.1) is 11.2 Å². The third-order valence-electron chi connectivity index (χ3n) is 4.99. The molecule has 184 valence electrons. The van der Waals surface area contributed by atoms with Gasteiger partial charge in [-0.3, -0.25) is 0 Å². The van der Waals surface area contributed by atoms with E-state index in [0.29, 0.717) is 34.0 Å². The number of nitrogens with zero attached hydrogens (tertiary/aromatic N) is 3. The summed E-state index contributed by atoms with van der Waals surface area (Å²) in [4.78, 5) is 13.5. The smallest absolute Gasteiger partial charge is 0.475 e. The van der Waals surface area contributed by atoms with Crippen molar-refractivity contribution in [2.24, 2.45) is 5.73 Å². The molecule has 0 amide bonds. The fourth-order valence-corrected chi connectivity index (χ4v) is 3.64. The Kier molecular flexibility index (Phi) is 8.05. The molecule has 5 N–H and O–H groups in total. The van der Waals surface area contributed by atoms with E-state index in [1.165, 1.54) is 18.3 Å². The summed E-state index contributed by atoms with van der Waals surface area (Å²) in [5, 5.41) is 18.5. The van der Waals surface area contributed by atoms with E-state index >= 15 is 0 Å². The highest BCUT2D eigenvalue weighted by Gasteiger charge is 2.38. The van der Waals surface area contributed by atoms with Crippen LogP contribution in [0.4, 0.5) is 34.9 Å². The molecule has 0 radical (unpaired) electrons. The molecule has 34 heavy (non-hydrogen) atoms. The number of rotatable bonds is 4. The van der Waals surface area contributed by atoms with Gasteiger partial charge in [0, 0.05) is 23.8 Å². The summed E-state index contributed by atoms with van der Waals surface area (Å²) in [6, 6.07) is 6.88. The van der Waals surface area contributed by atoms with Gasteiger partial charge < -0.3 is 21.5 Å². The summed E-state index contributed by atoms with van der Waals surface area (Å²) in [7, 11) is 0. The molecule has 1 aromatic carbocycles. The minimum Gasteiger partial charge on any atom is -0.475 e. The van der Waals surface area contributed by atoms with Crippen LogP contribution in [-0.2, 0) is 4.79 Å². The minimum absolute atomic E-state index is 0.0423. The number of fused-ring (bicyclic) bond motifs is 1. The Morgan fingerprint density at radius 3 is 2.38 bits per heavy atom. The van der Waals surface area contributed by atoms with E-state index in [2.05, 4.69) is 20.7 Å². The highest BCUT2D eigenvalue weighted by atomic mass is 35.5. The normalized spacial score (nSPS) is 18.2. The second-order valence-electron chi connectivity index (χ2n) is 7.57. The molecule has 0 spiro atoms. The third-order valence-corrected chi connectivity index (χ3v) is 5.54. The van der Waals surface area contributed by atoms with Crippen molar-refractivity contribution >= 4 is 52.1 Å². The Morgan fingerprint density at radius 2 is 1.79 bits per heavy atom. The molecule has 1 aliphatic carbocycles. The second-order valence-corrected chi connectivity index (χ2v) is 8.38. The summed E-state index contributed by atoms with van der Waals surface area (Å²) in [5.74, 6) is -1.89. The number of aliphatic carboxylic acids is 1. The van der Waals surface area contributed by atoms with Crippen molar-refractivity contribution in [3.63, 3.8) is 0 Å². The van der Waals surface area contributed by atoms with Crippen molar-refractivity contribution in [2.75, 3.05) is 10.6 Å². The second kappa shape index (κ2) is 10.6. The maximum Gasteiger partial charge on any atom is 0.490 e. The number of anilines is 3. The van der Waals surface area contributed by atoms with Gasteiger partial charge >= 0.3 is 12.1 Å². The van der Waals surface area contributed by atoms with Crippen molar-refractivity contribution in [2.45, 2.75) is 43.9 Å². The maximum absolute atomic E-state index is 13.4. The molecule has 1 aliphatic rings. The number of halogens is 6. The molecule has 0 aliphatic heterocycles. The molecule has 1 saturated carbocycles. The molecule has 0 saturated heterocycles. The fraction of sp³-hybridized carbons (Fsp3) is 0.350. The van der Waals surface area contributed by atoms with E-state index in [4.69, 9.17) is 38.8 Å². The SMILES string of the molecule is NC1CCC(Nc2cc(Nc3ccc(F)c(Cl)c3)n3ncc(Cl)c3n2)CC1.O=C(O)C(F)(F)F. The summed E-state index contributed by atoms with van der Waals surface area (Å²) in [5.41, 5.74) is 7.15. The molecule has 0 bridgehead atoms. The molecule has 2 heterocycles. The Bertz CT molecular complexity index is 1170. The monoisotopic (exact) mass is 522 g/mol. The van der Waals surface area contributed by atoms with Gasteiger partial charge in [-0.25, -0.2) is 14.2 Å². The lowest BCUT2D eigenvalue weighted by Gasteiger charge is -2.27. The predicted molar refractivity (Wildman–Crippen MR) is 120 cm³/mol. The van der Waals surface area contributed by atoms with Crippen LogP contribution in [0.25, 0.3) is 5.65 Å². The van der Waals surface area contributed by atoms with E-state index < -0.39 is 18.0 Å². The topological polar surface area (TPSA) is 118 Å². The van der Waals surface area contributed by atoms with Crippen LogP contribution in [0.15, 0.2) is 30.5 Å². The number of alkyl halides is 3. The van der Waals surface area contributed by atoms with Crippen LogP contribution in [0.5, 0.6) is 0 Å². The molecule has 3 aromatic rings. The molecule has 14 heteroatoms. The largest absolute Gasteiger partial charge is 0.490 e. The van der Waals surface area contributed by atoms with Crippen LogP contribution < -0.4 is 16.4 Å². The standard InChI is InChI=1S/C18H19Cl2FN6.C2HF3O2/c19-13-7-12(5-6-15(13)21)25-17-8-16(24-11-3-1-10(22)2-4-11)26-18-14(20)9-23-27(17)18;3-2(4,5)1(6)7/h5-11,25H,1-4,22H2,(H,24,26);(H,6,7). The highest BCUT2D eigenvalue weighted by Crippen LogP contribution is 2.28. The van der Waals surface area contributed by atoms with Gasteiger partial charge in [-0.15, -0.1) is 0 Å². The molecule has 1 fully saturated rings.